The molecule has 0 N–H and O–H groups in total. The van der Waals surface area contributed by atoms with Gasteiger partial charge in [0.05, 0.1) is 75.1 Å². The molecule has 324 valence electrons. The molecule has 6 rings (SSSR count). The van der Waals surface area contributed by atoms with Gasteiger partial charge in [-0.05, 0) is 98.5 Å². The van der Waals surface area contributed by atoms with Gasteiger partial charge in [-0.25, -0.2) is 0 Å². The molecule has 0 fully saturated rings. The number of carbonyl (C=O) groups excluding carboxylic acids is 4. The molecule has 0 radical (unpaired) electrons. The van der Waals surface area contributed by atoms with Crippen molar-refractivity contribution in [1.29, 1.82) is 0 Å². The maximum absolute atomic E-state index is 12.5. The van der Waals surface area contributed by atoms with Crippen molar-refractivity contribution in [3.05, 3.63) is 119 Å². The highest BCUT2D eigenvalue weighted by atomic mass is 16.6. The Morgan fingerprint density at radius 2 is 0.557 bits per heavy atom. The van der Waals surface area contributed by atoms with E-state index in [0.717, 1.165) is 74.4 Å². The third-order valence-electron chi connectivity index (χ3n) is 10.2. The molecule has 0 unspecified atom stereocenters. The molecule has 2 aliphatic heterocycles. The summed E-state index contributed by atoms with van der Waals surface area (Å²) in [5, 5.41) is 0. The molecule has 13 nitrogen and oxygen atoms in total. The largest absolute Gasteiger partial charge is 0.494 e. The second-order valence-corrected chi connectivity index (χ2v) is 14.6. The first-order valence-corrected chi connectivity index (χ1v) is 21.3. The Hall–Kier alpha value is -5.76. The molecule has 61 heavy (non-hydrogen) atoms. The number of hydrogen-bond acceptors (Lipinski definition) is 11. The summed E-state index contributed by atoms with van der Waals surface area (Å²) in [6.45, 7) is 5.66. The number of benzene rings is 4. The molecule has 0 aliphatic carbocycles. The van der Waals surface area contributed by atoms with Crippen LogP contribution in [-0.2, 0) is 14.2 Å². The molecule has 0 saturated carbocycles. The Bertz CT molecular complexity index is 1790. The molecule has 4 aromatic rings. The Kier molecular flexibility index (Phi) is 18.0. The highest BCUT2D eigenvalue weighted by Gasteiger charge is 2.35. The van der Waals surface area contributed by atoms with Crippen LogP contribution in [0.2, 0.25) is 0 Å². The smallest absolute Gasteiger partial charge is 0.261 e. The van der Waals surface area contributed by atoms with E-state index in [0.29, 0.717) is 101 Å². The van der Waals surface area contributed by atoms with Gasteiger partial charge in [-0.15, -0.1) is 0 Å². The van der Waals surface area contributed by atoms with Crippen LogP contribution in [0, 0.1) is 0 Å². The van der Waals surface area contributed by atoms with Gasteiger partial charge >= 0.3 is 0 Å². The molecular formula is C48H56N2O11. The maximum atomic E-state index is 12.5. The first-order valence-electron chi connectivity index (χ1n) is 21.3. The van der Waals surface area contributed by atoms with E-state index in [4.69, 9.17) is 33.2 Å². The summed E-state index contributed by atoms with van der Waals surface area (Å²) in [6.07, 6.45) is 7.06. The second-order valence-electron chi connectivity index (χ2n) is 14.6. The van der Waals surface area contributed by atoms with E-state index >= 15 is 0 Å². The van der Waals surface area contributed by atoms with E-state index < -0.39 is 0 Å². The third kappa shape index (κ3) is 13.6. The summed E-state index contributed by atoms with van der Waals surface area (Å²) >= 11 is 0. The standard InChI is InChI=1S/C48H56N2O11/c51-45-41-13-5-6-14-42(41)46(52)49(45)25-9-1-3-11-27-58-37-17-21-39(22-18-37)60-35-33-56-31-29-55-30-32-57-34-36-61-40-23-19-38(20-24-40)59-28-12-4-2-10-26-50-47(53)43-15-7-8-16-44(43)48(50)54/h5-8,13-24H,1-4,9-12,25-36H2. The van der Waals surface area contributed by atoms with Crippen LogP contribution in [0.4, 0.5) is 0 Å². The van der Waals surface area contributed by atoms with Crippen molar-refractivity contribution >= 4 is 23.6 Å². The second kappa shape index (κ2) is 24.5. The topological polar surface area (TPSA) is 139 Å². The van der Waals surface area contributed by atoms with Crippen LogP contribution in [0.3, 0.4) is 0 Å². The number of fused-ring (bicyclic) bond motifs is 2. The first-order chi connectivity index (χ1) is 30.0. The minimum absolute atomic E-state index is 0.195. The minimum atomic E-state index is -0.195. The molecule has 4 aromatic carbocycles. The number of nitrogens with zero attached hydrogens (tertiary/aromatic N) is 2. The van der Waals surface area contributed by atoms with E-state index in [1.807, 2.05) is 48.5 Å². The van der Waals surface area contributed by atoms with Crippen molar-refractivity contribution in [3.8, 4) is 23.0 Å². The van der Waals surface area contributed by atoms with Crippen molar-refractivity contribution in [1.82, 2.24) is 9.80 Å². The van der Waals surface area contributed by atoms with Crippen LogP contribution < -0.4 is 18.9 Å². The van der Waals surface area contributed by atoms with Gasteiger partial charge in [-0.3, -0.25) is 29.0 Å². The molecule has 4 amide bonds. The highest BCUT2D eigenvalue weighted by Crippen LogP contribution is 2.25. The molecule has 0 saturated heterocycles. The molecule has 0 atom stereocenters. The molecule has 2 heterocycles. The predicted molar refractivity (Wildman–Crippen MR) is 228 cm³/mol. The molecule has 0 aromatic heterocycles. The molecule has 0 bridgehead atoms. The number of unbranched alkanes of at least 4 members (excludes halogenated alkanes) is 6. The van der Waals surface area contributed by atoms with Crippen LogP contribution in [0.25, 0.3) is 0 Å². The number of amides is 4. The fraction of sp³-hybridized carbons (Fsp3) is 0.417. The summed E-state index contributed by atoms with van der Waals surface area (Å²) in [7, 11) is 0. The van der Waals surface area contributed by atoms with Crippen molar-refractivity contribution in [2.75, 3.05) is 79.2 Å². The monoisotopic (exact) mass is 836 g/mol. The lowest BCUT2D eigenvalue weighted by atomic mass is 10.1. The lowest BCUT2D eigenvalue weighted by Gasteiger charge is -2.13. The Labute approximate surface area is 357 Å². The van der Waals surface area contributed by atoms with Crippen LogP contribution in [-0.4, -0.2) is 113 Å². The van der Waals surface area contributed by atoms with E-state index in [1.165, 1.54) is 9.80 Å². The molecule has 2 aliphatic rings. The maximum Gasteiger partial charge on any atom is 0.261 e. The number of carbonyl (C=O) groups is 4. The Balaban J connectivity index is 0.671. The van der Waals surface area contributed by atoms with E-state index in [9.17, 15) is 19.2 Å². The van der Waals surface area contributed by atoms with Crippen LogP contribution in [0.15, 0.2) is 97.1 Å². The average Bonchev–Trinajstić information content (AvgIpc) is 3.68. The van der Waals surface area contributed by atoms with Crippen molar-refractivity contribution < 1.29 is 52.3 Å². The SMILES string of the molecule is O=C1c2ccccc2C(=O)N1CCCCCCOc1ccc(OCCOCCOCCOCCOc2ccc(OCCCCCCN3C(=O)c4ccccc4C3=O)cc2)cc1. The number of ether oxygens (including phenoxy) is 7. The van der Waals surface area contributed by atoms with Gasteiger partial charge in [0.2, 0.25) is 0 Å². The first kappa shape index (κ1) is 44.8. The summed E-state index contributed by atoms with van der Waals surface area (Å²) in [5.74, 6) is 2.25. The van der Waals surface area contributed by atoms with Crippen LogP contribution in [0.1, 0.15) is 92.8 Å². The van der Waals surface area contributed by atoms with E-state index in [1.54, 1.807) is 48.5 Å². The number of imide groups is 2. The molecule has 13 heteroatoms. The van der Waals surface area contributed by atoms with E-state index in [-0.39, 0.29) is 23.6 Å². The molecular weight excluding hydrogens is 781 g/mol. The summed E-state index contributed by atoms with van der Waals surface area (Å²) in [5.41, 5.74) is 1.99. The predicted octanol–water partition coefficient (Wildman–Crippen LogP) is 7.67. The van der Waals surface area contributed by atoms with Crippen LogP contribution >= 0.6 is 0 Å². The van der Waals surface area contributed by atoms with Gasteiger partial charge in [0.15, 0.2) is 0 Å². The quantitative estimate of drug-likeness (QED) is 0.0378. The van der Waals surface area contributed by atoms with Gasteiger partial charge in [0.1, 0.15) is 36.2 Å². The minimum Gasteiger partial charge on any atom is -0.494 e. The van der Waals surface area contributed by atoms with Gasteiger partial charge in [-0.1, -0.05) is 49.9 Å². The van der Waals surface area contributed by atoms with Crippen LogP contribution in [0.5, 0.6) is 23.0 Å². The normalized spacial score (nSPS) is 13.2. The van der Waals surface area contributed by atoms with Crippen molar-refractivity contribution in [3.63, 3.8) is 0 Å². The fourth-order valence-electron chi connectivity index (χ4n) is 6.96. The number of rotatable bonds is 30. The van der Waals surface area contributed by atoms with Gasteiger partial charge in [0.25, 0.3) is 23.6 Å². The highest BCUT2D eigenvalue weighted by molar-refractivity contribution is 6.22. The van der Waals surface area contributed by atoms with Gasteiger partial charge in [-0.2, -0.15) is 0 Å². The third-order valence-corrected chi connectivity index (χ3v) is 10.2. The zero-order valence-corrected chi connectivity index (χ0v) is 34.8. The van der Waals surface area contributed by atoms with E-state index in [2.05, 4.69) is 0 Å². The van der Waals surface area contributed by atoms with Crippen molar-refractivity contribution in [2.45, 2.75) is 51.4 Å². The summed E-state index contributed by atoms with van der Waals surface area (Å²) in [4.78, 5) is 52.6. The Morgan fingerprint density at radius 1 is 0.295 bits per heavy atom. The fourth-order valence-corrected chi connectivity index (χ4v) is 6.96. The number of hydrogen-bond donors (Lipinski definition) is 0. The Morgan fingerprint density at radius 3 is 0.869 bits per heavy atom. The lowest BCUT2D eigenvalue weighted by Crippen LogP contribution is -2.30. The van der Waals surface area contributed by atoms with Gasteiger partial charge < -0.3 is 33.2 Å². The van der Waals surface area contributed by atoms with Crippen molar-refractivity contribution in [2.24, 2.45) is 0 Å². The zero-order valence-electron chi connectivity index (χ0n) is 34.8. The van der Waals surface area contributed by atoms with Gasteiger partial charge in [0, 0.05) is 13.1 Å². The summed E-state index contributed by atoms with van der Waals surface area (Å²) < 4.78 is 40.0. The molecule has 0 spiro atoms. The average molecular weight is 837 g/mol. The zero-order chi connectivity index (χ0) is 42.5. The lowest BCUT2D eigenvalue weighted by molar-refractivity contribution is 0.00498. The summed E-state index contributed by atoms with van der Waals surface area (Å²) in [6, 6.07) is 29.0.